The van der Waals surface area contributed by atoms with Crippen LogP contribution >= 0.6 is 17.1 Å². The Morgan fingerprint density at radius 1 is 1.60 bits per heavy atom. The molecule has 0 aromatic rings. The summed E-state index contributed by atoms with van der Waals surface area (Å²) in [7, 11) is 0. The zero-order valence-electron chi connectivity index (χ0n) is 5.99. The van der Waals surface area contributed by atoms with Gasteiger partial charge >= 0.3 is 21.7 Å². The van der Waals surface area contributed by atoms with Crippen LogP contribution in [-0.4, -0.2) is 12.4 Å². The molecule has 0 aliphatic rings. The molecule has 0 spiro atoms. The molecule has 0 saturated carbocycles. The van der Waals surface area contributed by atoms with Crippen LogP contribution in [0.2, 0.25) is 0 Å². The van der Waals surface area contributed by atoms with Gasteiger partial charge in [0.1, 0.15) is 0 Å². The van der Waals surface area contributed by atoms with Crippen molar-refractivity contribution in [2.75, 3.05) is 12.4 Å². The molecular weight excluding hydrogens is 223 g/mol. The molecule has 6 heteroatoms. The zero-order valence-corrected chi connectivity index (χ0v) is 10.1. The average molecular weight is 233 g/mol. The van der Waals surface area contributed by atoms with E-state index in [1.807, 2.05) is 6.92 Å². The smallest absolute Gasteiger partial charge is 0.793 e. The molecule has 0 amide bonds. The Balaban J connectivity index is 0. The predicted molar refractivity (Wildman–Crippen MR) is 44.0 cm³/mol. The molecular formula is C4H10O2PS2Ti. The predicted octanol–water partition coefficient (Wildman–Crippen LogP) is 1.36. The summed E-state index contributed by atoms with van der Waals surface area (Å²) in [5.74, 6) is 0.751. The summed E-state index contributed by atoms with van der Waals surface area (Å²) in [6.45, 7) is 4.13. The van der Waals surface area contributed by atoms with Crippen molar-refractivity contribution < 1.29 is 31.1 Å². The van der Waals surface area contributed by atoms with Crippen molar-refractivity contribution in [1.82, 2.24) is 0 Å². The van der Waals surface area contributed by atoms with Crippen LogP contribution in [-0.2, 0) is 38.0 Å². The first kappa shape index (κ1) is 14.2. The van der Waals surface area contributed by atoms with Crippen LogP contribution in [0.3, 0.4) is 0 Å². The van der Waals surface area contributed by atoms with Gasteiger partial charge in [-0.15, -0.1) is 11.4 Å². The van der Waals surface area contributed by atoms with Gasteiger partial charge in [-0.1, -0.05) is 18.7 Å². The van der Waals surface area contributed by atoms with Gasteiger partial charge in [-0.2, -0.15) is 0 Å². The number of hydrogen-bond donors (Lipinski definition) is 0. The molecule has 59 valence electrons. The van der Waals surface area contributed by atoms with Gasteiger partial charge in [0.15, 0.2) is 0 Å². The van der Waals surface area contributed by atoms with Crippen LogP contribution in [0.4, 0.5) is 0 Å². The first-order valence-corrected chi connectivity index (χ1v) is 6.95. The second kappa shape index (κ2) is 7.29. The molecule has 0 rings (SSSR count). The van der Waals surface area contributed by atoms with Gasteiger partial charge in [0, 0.05) is 12.3 Å². The molecule has 0 aliphatic carbocycles. The van der Waals surface area contributed by atoms with Gasteiger partial charge < -0.3 is 9.42 Å². The van der Waals surface area contributed by atoms with Crippen LogP contribution in [0.15, 0.2) is 0 Å². The fourth-order valence-corrected chi connectivity index (χ4v) is 3.81. The van der Waals surface area contributed by atoms with Gasteiger partial charge in [-0.25, -0.2) is 0 Å². The second-order valence-corrected chi connectivity index (χ2v) is 7.62. The average Bonchev–Trinajstić information content (AvgIpc) is 1.64. The Morgan fingerprint density at radius 2 is 2.10 bits per heavy atom. The van der Waals surface area contributed by atoms with Crippen molar-refractivity contribution >= 4 is 28.9 Å². The normalized spacial score (nSPS) is 15.5. The van der Waals surface area contributed by atoms with Crippen LogP contribution in [0.5, 0.6) is 0 Å². The Bertz CT molecular complexity index is 112. The molecule has 10 heavy (non-hydrogen) atoms. The van der Waals surface area contributed by atoms with Crippen molar-refractivity contribution in [3.05, 3.63) is 0 Å². The third-order valence-corrected chi connectivity index (χ3v) is 5.03. The second-order valence-electron chi connectivity index (χ2n) is 1.28. The van der Waals surface area contributed by atoms with E-state index in [-0.39, 0.29) is 21.7 Å². The van der Waals surface area contributed by atoms with E-state index in [2.05, 4.69) is 11.8 Å². The van der Waals surface area contributed by atoms with Crippen LogP contribution in [0.25, 0.3) is 0 Å². The van der Waals surface area contributed by atoms with Gasteiger partial charge in [0.25, 0.3) is 0 Å². The number of rotatable bonds is 4. The van der Waals surface area contributed by atoms with Crippen molar-refractivity contribution in [2.45, 2.75) is 13.8 Å². The maximum absolute atomic E-state index is 11.0. The van der Waals surface area contributed by atoms with Crippen molar-refractivity contribution in [3.8, 4) is 0 Å². The van der Waals surface area contributed by atoms with Crippen molar-refractivity contribution in [3.63, 3.8) is 0 Å². The molecule has 1 unspecified atom stereocenters. The molecule has 0 aliphatic heterocycles. The minimum atomic E-state index is -2.69. The summed E-state index contributed by atoms with van der Waals surface area (Å²) in [6, 6.07) is 0. The molecule has 0 aromatic carbocycles. The molecule has 0 N–H and O–H groups in total. The Labute approximate surface area is 85.9 Å². The summed E-state index contributed by atoms with van der Waals surface area (Å²) >= 11 is 5.84. The van der Waals surface area contributed by atoms with Crippen molar-refractivity contribution in [1.29, 1.82) is 0 Å². The largest absolute Gasteiger partial charge is 1.00 e. The molecule has 0 aromatic heterocycles. The zero-order chi connectivity index (χ0) is 7.33. The number of hydrogen-bond acceptors (Lipinski definition) is 4. The summed E-state index contributed by atoms with van der Waals surface area (Å²) < 4.78 is 4.80. The summed E-state index contributed by atoms with van der Waals surface area (Å²) in [5.41, 5.74) is -2.69. The maximum Gasteiger partial charge on any atom is 1.00 e. The van der Waals surface area contributed by atoms with E-state index in [4.69, 9.17) is 4.52 Å². The fourth-order valence-electron chi connectivity index (χ4n) is 0.353. The third-order valence-electron chi connectivity index (χ3n) is 0.574. The van der Waals surface area contributed by atoms with Crippen molar-refractivity contribution in [2.24, 2.45) is 0 Å². The molecule has 1 radical (unpaired) electrons. The molecule has 0 bridgehead atoms. The summed E-state index contributed by atoms with van der Waals surface area (Å²) in [6.07, 6.45) is 0. The molecule has 0 fully saturated rings. The SMILES string of the molecule is CCOP([O-])(=S)SCC.[Ti+]. The third kappa shape index (κ3) is 7.74. The topological polar surface area (TPSA) is 32.3 Å². The minimum Gasteiger partial charge on any atom is -0.793 e. The quantitative estimate of drug-likeness (QED) is 0.542. The molecule has 2 nitrogen and oxygen atoms in total. The van der Waals surface area contributed by atoms with Gasteiger partial charge in [-0.05, 0) is 12.7 Å². The van der Waals surface area contributed by atoms with Gasteiger partial charge in [0.2, 0.25) is 0 Å². The van der Waals surface area contributed by atoms with Crippen LogP contribution in [0.1, 0.15) is 13.8 Å². The van der Waals surface area contributed by atoms with E-state index in [0.717, 1.165) is 5.75 Å². The minimum absolute atomic E-state index is 0. The van der Waals surface area contributed by atoms with Gasteiger partial charge in [0.05, 0.1) is 0 Å². The monoisotopic (exact) mass is 233 g/mol. The maximum atomic E-state index is 11.0. The van der Waals surface area contributed by atoms with E-state index >= 15 is 0 Å². The molecule has 1 atom stereocenters. The fraction of sp³-hybridized carbons (Fsp3) is 1.00. The van der Waals surface area contributed by atoms with E-state index in [0.29, 0.717) is 6.61 Å². The van der Waals surface area contributed by atoms with E-state index in [9.17, 15) is 4.89 Å². The Kier molecular flexibility index (Phi) is 10.3. The first-order chi connectivity index (χ1) is 4.12. The van der Waals surface area contributed by atoms with E-state index < -0.39 is 5.69 Å². The Hall–Kier alpha value is 1.63. The first-order valence-electron chi connectivity index (χ1n) is 2.72. The standard InChI is InChI=1S/C4H11O2PS2.Ti/c1-3-6-7(5,8)9-4-2;/h3-4H2,1-2H3,(H,5,8);/q;+1/p-1. The molecule has 0 heterocycles. The van der Waals surface area contributed by atoms with Crippen LogP contribution < -0.4 is 4.89 Å². The van der Waals surface area contributed by atoms with Gasteiger partial charge in [-0.3, -0.25) is 0 Å². The van der Waals surface area contributed by atoms with E-state index in [1.165, 1.54) is 11.4 Å². The van der Waals surface area contributed by atoms with E-state index in [1.54, 1.807) is 6.92 Å². The Morgan fingerprint density at radius 3 is 2.40 bits per heavy atom. The summed E-state index contributed by atoms with van der Waals surface area (Å²) in [4.78, 5) is 11.0. The van der Waals surface area contributed by atoms with Crippen LogP contribution in [0, 0.1) is 0 Å². The molecule has 0 saturated heterocycles. The summed E-state index contributed by atoms with van der Waals surface area (Å²) in [5, 5.41) is 0.